The Hall–Kier alpha value is -2.37. The zero-order chi connectivity index (χ0) is 17.2. The number of piperidine rings is 1. The van der Waals surface area contributed by atoms with Gasteiger partial charge in [0.2, 0.25) is 0 Å². The van der Waals surface area contributed by atoms with Gasteiger partial charge in [-0.05, 0) is 36.5 Å². The van der Waals surface area contributed by atoms with E-state index in [4.69, 9.17) is 4.74 Å². The van der Waals surface area contributed by atoms with E-state index in [1.54, 1.807) is 18.2 Å². The zero-order valence-electron chi connectivity index (χ0n) is 14.0. The predicted octanol–water partition coefficient (Wildman–Crippen LogP) is 3.39. The van der Waals surface area contributed by atoms with E-state index in [9.17, 15) is 9.18 Å². The van der Waals surface area contributed by atoms with Gasteiger partial charge in [-0.2, -0.15) is 5.10 Å². The third-order valence-electron chi connectivity index (χ3n) is 4.44. The molecule has 0 spiro atoms. The van der Waals surface area contributed by atoms with Crippen LogP contribution in [0.25, 0.3) is 0 Å². The number of rotatable bonds is 4. The molecule has 1 aliphatic heterocycles. The molecule has 1 aromatic heterocycles. The van der Waals surface area contributed by atoms with E-state index in [0.717, 1.165) is 25.9 Å². The molecule has 3 rings (SSSR count). The number of hydrogen-bond acceptors (Lipinski definition) is 3. The van der Waals surface area contributed by atoms with Crippen LogP contribution < -0.4 is 4.74 Å². The van der Waals surface area contributed by atoms with Crippen LogP contribution in [0.1, 0.15) is 42.9 Å². The average Bonchev–Trinajstić information content (AvgIpc) is 3.01. The van der Waals surface area contributed by atoms with Gasteiger partial charge < -0.3 is 9.64 Å². The van der Waals surface area contributed by atoms with E-state index in [-0.39, 0.29) is 18.3 Å². The number of aromatic nitrogens is 2. The molecule has 0 saturated carbocycles. The fraction of sp³-hybridized carbons (Fsp3) is 0.444. The first-order valence-electron chi connectivity index (χ1n) is 8.15. The normalized spacial score (nSPS) is 16.9. The lowest BCUT2D eigenvalue weighted by molar-refractivity contribution is 0.0624. The van der Waals surface area contributed by atoms with E-state index in [0.29, 0.717) is 22.6 Å². The molecule has 1 aliphatic rings. The molecule has 2 heterocycles. The van der Waals surface area contributed by atoms with Gasteiger partial charge in [0.05, 0.1) is 5.69 Å². The number of carbonyl (C=O) groups excluding carboxylic acids is 1. The molecule has 128 valence electrons. The molecular formula is C18H22FN3O2. The number of aromatic amines is 1. The van der Waals surface area contributed by atoms with Crippen molar-refractivity contribution in [2.24, 2.45) is 5.41 Å². The largest absolute Gasteiger partial charge is 0.487 e. The molecule has 6 heteroatoms. The summed E-state index contributed by atoms with van der Waals surface area (Å²) in [4.78, 5) is 14.3. The predicted molar refractivity (Wildman–Crippen MR) is 88.2 cm³/mol. The van der Waals surface area contributed by atoms with Crippen LogP contribution in [-0.2, 0) is 6.61 Å². The van der Waals surface area contributed by atoms with Crippen LogP contribution in [0, 0.1) is 11.2 Å². The maximum absolute atomic E-state index is 13.1. The lowest BCUT2D eigenvalue weighted by Crippen LogP contribution is -2.41. The molecule has 2 aromatic rings. The first-order chi connectivity index (χ1) is 11.4. The molecule has 1 aromatic carbocycles. The Morgan fingerprint density at radius 3 is 2.79 bits per heavy atom. The number of amides is 1. The second-order valence-corrected chi connectivity index (χ2v) is 6.98. The summed E-state index contributed by atoms with van der Waals surface area (Å²) in [7, 11) is 0. The van der Waals surface area contributed by atoms with Gasteiger partial charge in [0, 0.05) is 19.2 Å². The van der Waals surface area contributed by atoms with Gasteiger partial charge in [0.25, 0.3) is 5.91 Å². The smallest absolute Gasteiger partial charge is 0.274 e. The van der Waals surface area contributed by atoms with E-state index in [2.05, 4.69) is 24.0 Å². The number of nitrogens with zero attached hydrogens (tertiary/aromatic N) is 2. The summed E-state index contributed by atoms with van der Waals surface area (Å²) in [5, 5.41) is 6.90. The van der Waals surface area contributed by atoms with Crippen LogP contribution in [0.3, 0.4) is 0 Å². The minimum atomic E-state index is -0.346. The molecule has 0 unspecified atom stereocenters. The van der Waals surface area contributed by atoms with Crippen molar-refractivity contribution < 1.29 is 13.9 Å². The summed E-state index contributed by atoms with van der Waals surface area (Å²) in [6, 6.07) is 7.64. The number of hydrogen-bond donors (Lipinski definition) is 1. The molecule has 1 amide bonds. The fourth-order valence-corrected chi connectivity index (χ4v) is 2.74. The molecule has 0 radical (unpaired) electrons. The highest BCUT2D eigenvalue weighted by atomic mass is 19.1. The number of carbonyl (C=O) groups is 1. The molecule has 0 atom stereocenters. The van der Waals surface area contributed by atoms with Gasteiger partial charge in [0.15, 0.2) is 5.69 Å². The number of H-pyrrole nitrogens is 1. The van der Waals surface area contributed by atoms with Gasteiger partial charge >= 0.3 is 0 Å². The van der Waals surface area contributed by atoms with Crippen molar-refractivity contribution in [2.45, 2.75) is 33.3 Å². The molecule has 0 aliphatic carbocycles. The number of nitrogens with one attached hydrogen (secondary N) is 1. The quantitative estimate of drug-likeness (QED) is 0.934. The van der Waals surface area contributed by atoms with Crippen molar-refractivity contribution in [1.29, 1.82) is 0 Å². The third-order valence-corrected chi connectivity index (χ3v) is 4.44. The molecule has 0 bridgehead atoms. The van der Waals surface area contributed by atoms with Crippen molar-refractivity contribution in [1.82, 2.24) is 15.1 Å². The SMILES string of the molecule is CC1(C)CCN(C(=O)c2cc(COc3cccc(F)c3)[nH]n2)CC1. The summed E-state index contributed by atoms with van der Waals surface area (Å²) >= 11 is 0. The van der Waals surface area contributed by atoms with Crippen LogP contribution in [0.4, 0.5) is 4.39 Å². The standard InChI is InChI=1S/C18H22FN3O2/c1-18(2)6-8-22(9-7-18)17(23)16-11-14(20-21-16)12-24-15-5-3-4-13(19)10-15/h3-5,10-11H,6-9,12H2,1-2H3,(H,20,21). The third kappa shape index (κ3) is 3.93. The summed E-state index contributed by atoms with van der Waals surface area (Å²) in [6.45, 7) is 6.18. The zero-order valence-corrected chi connectivity index (χ0v) is 14.0. The molecule has 1 saturated heterocycles. The molecule has 5 nitrogen and oxygen atoms in total. The maximum Gasteiger partial charge on any atom is 0.274 e. The first kappa shape index (κ1) is 16.5. The van der Waals surface area contributed by atoms with Crippen LogP contribution >= 0.6 is 0 Å². The first-order valence-corrected chi connectivity index (χ1v) is 8.15. The van der Waals surface area contributed by atoms with Crippen molar-refractivity contribution in [2.75, 3.05) is 13.1 Å². The van der Waals surface area contributed by atoms with E-state index < -0.39 is 0 Å². The number of benzene rings is 1. The van der Waals surface area contributed by atoms with Crippen LogP contribution in [0.15, 0.2) is 30.3 Å². The second-order valence-electron chi connectivity index (χ2n) is 6.98. The monoisotopic (exact) mass is 331 g/mol. The van der Waals surface area contributed by atoms with Gasteiger partial charge in [-0.15, -0.1) is 0 Å². The highest BCUT2D eigenvalue weighted by Gasteiger charge is 2.29. The second kappa shape index (κ2) is 6.63. The minimum Gasteiger partial charge on any atom is -0.487 e. The number of ether oxygens (including phenoxy) is 1. The van der Waals surface area contributed by atoms with Crippen molar-refractivity contribution >= 4 is 5.91 Å². The molecule has 1 fully saturated rings. The number of halogens is 1. The molecular weight excluding hydrogens is 309 g/mol. The van der Waals surface area contributed by atoms with Gasteiger partial charge in [-0.1, -0.05) is 19.9 Å². The van der Waals surface area contributed by atoms with E-state index in [1.807, 2.05) is 4.90 Å². The lowest BCUT2D eigenvalue weighted by Gasteiger charge is -2.36. The summed E-state index contributed by atoms with van der Waals surface area (Å²) in [5.41, 5.74) is 1.37. The van der Waals surface area contributed by atoms with Crippen molar-refractivity contribution in [3.05, 3.63) is 47.5 Å². The van der Waals surface area contributed by atoms with Gasteiger partial charge in [-0.3, -0.25) is 9.89 Å². The summed E-state index contributed by atoms with van der Waals surface area (Å²) < 4.78 is 18.6. The Morgan fingerprint density at radius 1 is 1.33 bits per heavy atom. The number of likely N-dealkylation sites (tertiary alicyclic amines) is 1. The molecule has 1 N–H and O–H groups in total. The van der Waals surface area contributed by atoms with Crippen LogP contribution in [0.5, 0.6) is 5.75 Å². The van der Waals surface area contributed by atoms with Gasteiger partial charge in [-0.25, -0.2) is 4.39 Å². The molecule has 24 heavy (non-hydrogen) atoms. The highest BCUT2D eigenvalue weighted by molar-refractivity contribution is 5.92. The van der Waals surface area contributed by atoms with Crippen molar-refractivity contribution in [3.63, 3.8) is 0 Å². The topological polar surface area (TPSA) is 58.2 Å². The maximum atomic E-state index is 13.1. The summed E-state index contributed by atoms with van der Waals surface area (Å²) in [5.74, 6) is 0.0375. The Morgan fingerprint density at radius 2 is 2.08 bits per heavy atom. The Kier molecular flexibility index (Phi) is 4.55. The van der Waals surface area contributed by atoms with E-state index >= 15 is 0 Å². The van der Waals surface area contributed by atoms with Gasteiger partial charge in [0.1, 0.15) is 18.2 Å². The lowest BCUT2D eigenvalue weighted by atomic mass is 9.82. The minimum absolute atomic E-state index is 0.0567. The Labute approximate surface area is 140 Å². The summed E-state index contributed by atoms with van der Waals surface area (Å²) in [6.07, 6.45) is 2.00. The Bertz CT molecular complexity index is 717. The fourth-order valence-electron chi connectivity index (χ4n) is 2.74. The van der Waals surface area contributed by atoms with E-state index in [1.165, 1.54) is 12.1 Å². The van der Waals surface area contributed by atoms with Crippen LogP contribution in [-0.4, -0.2) is 34.1 Å². The van der Waals surface area contributed by atoms with Crippen LogP contribution in [0.2, 0.25) is 0 Å². The Balaban J connectivity index is 1.58. The average molecular weight is 331 g/mol. The highest BCUT2D eigenvalue weighted by Crippen LogP contribution is 2.30. The van der Waals surface area contributed by atoms with Crippen molar-refractivity contribution in [3.8, 4) is 5.75 Å².